The van der Waals surface area contributed by atoms with E-state index >= 15 is 0 Å². The first kappa shape index (κ1) is 26.4. The molecule has 3 aromatic rings. The number of aliphatic hydroxyl groups is 1. The molecule has 2 fully saturated rings. The summed E-state index contributed by atoms with van der Waals surface area (Å²) in [4.78, 5) is 9.36. The lowest BCUT2D eigenvalue weighted by Gasteiger charge is -2.35. The van der Waals surface area contributed by atoms with Crippen LogP contribution >= 0.6 is 11.9 Å². The number of pyridine rings is 1. The van der Waals surface area contributed by atoms with E-state index in [1.54, 1.807) is 0 Å². The Kier molecular flexibility index (Phi) is 8.48. The van der Waals surface area contributed by atoms with Crippen molar-refractivity contribution in [1.82, 2.24) is 15.2 Å². The second-order valence-corrected chi connectivity index (χ2v) is 11.2. The van der Waals surface area contributed by atoms with E-state index in [2.05, 4.69) is 35.8 Å². The van der Waals surface area contributed by atoms with Gasteiger partial charge in [0.1, 0.15) is 5.82 Å². The molecule has 1 atom stereocenters. The van der Waals surface area contributed by atoms with E-state index < -0.39 is 0 Å². The zero-order valence-electron chi connectivity index (χ0n) is 22.1. The number of hydrogen-bond donors (Lipinski definition) is 2. The number of benzene rings is 1. The van der Waals surface area contributed by atoms with Crippen molar-refractivity contribution in [2.45, 2.75) is 31.8 Å². The van der Waals surface area contributed by atoms with Crippen molar-refractivity contribution in [3.05, 3.63) is 36.5 Å². The molecule has 1 unspecified atom stereocenters. The molecule has 11 heteroatoms. The number of aromatic nitrogens is 3. The number of ether oxygens (including phenoxy) is 2. The molecule has 208 valence electrons. The highest BCUT2D eigenvalue weighted by Gasteiger charge is 2.26. The molecule has 2 saturated heterocycles. The first-order chi connectivity index (χ1) is 19.3. The molecule has 4 aliphatic rings. The van der Waals surface area contributed by atoms with Crippen LogP contribution in [-0.4, -0.2) is 84.8 Å². The predicted octanol–water partition coefficient (Wildman–Crippen LogP) is 4.08. The highest BCUT2D eigenvalue weighted by molar-refractivity contribution is 8.00. The number of hydrogen-bond acceptors (Lipinski definition) is 11. The van der Waals surface area contributed by atoms with Crippen molar-refractivity contribution < 1.29 is 19.0 Å². The minimum Gasteiger partial charge on any atom is -0.416 e. The number of aliphatic hydroxyl groups excluding tert-OH is 1. The van der Waals surface area contributed by atoms with Crippen molar-refractivity contribution in [3.8, 4) is 22.9 Å². The highest BCUT2D eigenvalue weighted by atomic mass is 32.2. The summed E-state index contributed by atoms with van der Waals surface area (Å²) in [5, 5.41) is 18.1. The molecule has 0 amide bonds. The van der Waals surface area contributed by atoms with E-state index in [4.69, 9.17) is 19.0 Å². The molecule has 0 aliphatic carbocycles. The monoisotopic (exact) mass is 552 g/mol. The maximum atomic E-state index is 9.16. The molecule has 0 radical (unpaired) electrons. The highest BCUT2D eigenvalue weighted by Crippen LogP contribution is 2.37. The zero-order chi connectivity index (χ0) is 26.4. The van der Waals surface area contributed by atoms with Gasteiger partial charge in [-0.05, 0) is 61.9 Å². The van der Waals surface area contributed by atoms with Gasteiger partial charge in [-0.15, -0.1) is 10.2 Å². The number of nitrogens with one attached hydrogen (secondary N) is 1. The Morgan fingerprint density at radius 2 is 1.90 bits per heavy atom. The van der Waals surface area contributed by atoms with Crippen LogP contribution in [0, 0.1) is 5.92 Å². The van der Waals surface area contributed by atoms with Gasteiger partial charge in [0.05, 0.1) is 43.8 Å². The fourth-order valence-electron chi connectivity index (χ4n) is 5.59. The van der Waals surface area contributed by atoms with Crippen LogP contribution in [0.3, 0.4) is 0 Å². The van der Waals surface area contributed by atoms with Gasteiger partial charge >= 0.3 is 0 Å². The fraction of sp³-hybridized carbons (Fsp3) is 0.536. The third-order valence-electron chi connectivity index (χ3n) is 7.59. The fourth-order valence-corrected chi connectivity index (χ4v) is 6.07. The van der Waals surface area contributed by atoms with Crippen LogP contribution in [-0.2, 0) is 9.47 Å². The Balaban J connectivity index is 1.33. The first-order valence-electron chi connectivity index (χ1n) is 13.9. The average Bonchev–Trinajstić information content (AvgIpc) is 3.48. The van der Waals surface area contributed by atoms with Gasteiger partial charge in [-0.25, -0.2) is 4.98 Å². The summed E-state index contributed by atoms with van der Waals surface area (Å²) < 4.78 is 21.8. The van der Waals surface area contributed by atoms with Crippen LogP contribution in [0.1, 0.15) is 25.7 Å². The Morgan fingerprint density at radius 1 is 1.00 bits per heavy atom. The normalized spacial score (nSPS) is 21.9. The molecular formula is C28H36N6O4S. The molecule has 7 rings (SSSR count). The van der Waals surface area contributed by atoms with E-state index in [-0.39, 0.29) is 12.7 Å². The van der Waals surface area contributed by atoms with Gasteiger partial charge in [0, 0.05) is 49.4 Å². The molecule has 39 heavy (non-hydrogen) atoms. The summed E-state index contributed by atoms with van der Waals surface area (Å²) in [7, 11) is 0. The molecule has 0 saturated carbocycles. The predicted molar refractivity (Wildman–Crippen MR) is 153 cm³/mol. The second kappa shape index (κ2) is 12.5. The van der Waals surface area contributed by atoms with Gasteiger partial charge in [0.25, 0.3) is 0 Å². The lowest BCUT2D eigenvalue weighted by Crippen LogP contribution is -2.38. The number of rotatable bonds is 4. The maximum absolute atomic E-state index is 9.16. The Hall–Kier alpha value is -2.86. The average molecular weight is 553 g/mol. The van der Waals surface area contributed by atoms with Gasteiger partial charge in [0.2, 0.25) is 11.8 Å². The number of nitrogens with zero attached hydrogens (tertiary/aromatic N) is 5. The topological polar surface area (TPSA) is 109 Å². The molecule has 4 aliphatic heterocycles. The third kappa shape index (κ3) is 6.32. The summed E-state index contributed by atoms with van der Waals surface area (Å²) in [5.74, 6) is 3.00. The third-order valence-corrected chi connectivity index (χ3v) is 8.36. The van der Waals surface area contributed by atoms with Gasteiger partial charge < -0.3 is 33.5 Å². The van der Waals surface area contributed by atoms with E-state index in [9.17, 15) is 0 Å². The van der Waals surface area contributed by atoms with Gasteiger partial charge in [-0.2, -0.15) is 0 Å². The van der Waals surface area contributed by atoms with Crippen molar-refractivity contribution >= 4 is 29.1 Å². The van der Waals surface area contributed by atoms with Crippen molar-refractivity contribution in [1.29, 1.82) is 0 Å². The van der Waals surface area contributed by atoms with Crippen LogP contribution in [0.2, 0.25) is 0 Å². The molecule has 6 heterocycles. The lowest BCUT2D eigenvalue weighted by molar-refractivity contribution is -0.0122. The number of piperidine rings is 2. The summed E-state index contributed by atoms with van der Waals surface area (Å²) in [6.07, 6.45) is 6.23. The molecule has 1 aromatic carbocycles. The minimum absolute atomic E-state index is 0.126. The molecule has 0 spiro atoms. The van der Waals surface area contributed by atoms with Crippen molar-refractivity contribution in [2.24, 2.45) is 5.92 Å². The largest absolute Gasteiger partial charge is 0.416 e. The van der Waals surface area contributed by atoms with E-state index in [0.717, 1.165) is 80.4 Å². The van der Waals surface area contributed by atoms with E-state index in [0.29, 0.717) is 36.7 Å². The first-order valence-corrected chi connectivity index (χ1v) is 14.9. The Morgan fingerprint density at radius 3 is 2.79 bits per heavy atom. The molecule has 2 N–H and O–H groups in total. The molecule has 10 nitrogen and oxygen atoms in total. The van der Waals surface area contributed by atoms with Gasteiger partial charge in [-0.3, -0.25) is 0 Å². The van der Waals surface area contributed by atoms with Crippen LogP contribution in [0.15, 0.2) is 40.9 Å². The van der Waals surface area contributed by atoms with Crippen molar-refractivity contribution in [3.63, 3.8) is 0 Å². The maximum Gasteiger partial charge on any atom is 0.250 e. The summed E-state index contributed by atoms with van der Waals surface area (Å²) in [6.45, 7) is 5.77. The minimum atomic E-state index is 0.126. The van der Waals surface area contributed by atoms with Crippen LogP contribution in [0.5, 0.6) is 0 Å². The number of fused-ring (bicyclic) bond motifs is 6. The second-order valence-electron chi connectivity index (χ2n) is 10.3. The van der Waals surface area contributed by atoms with E-state index in [1.165, 1.54) is 18.4 Å². The van der Waals surface area contributed by atoms with Crippen LogP contribution < -0.4 is 14.5 Å². The molecule has 2 aromatic heterocycles. The summed E-state index contributed by atoms with van der Waals surface area (Å²) in [6, 6.07) is 10.1. The Labute approximate surface area is 233 Å². The smallest absolute Gasteiger partial charge is 0.250 e. The lowest BCUT2D eigenvalue weighted by atomic mass is 9.99. The van der Waals surface area contributed by atoms with Gasteiger partial charge in [0.15, 0.2) is 0 Å². The van der Waals surface area contributed by atoms with Crippen molar-refractivity contribution in [2.75, 3.05) is 72.9 Å². The standard InChI is InChI=1S/C28H36N6O4S/c35-12-15-39-32-22-3-4-24-25(17-22)33-10-6-23(7-11-33)37-14-13-36-19-20-2-1-9-34(18-20)26-16-21(5-8-29-26)27-30-31-28(24)38-27/h3-5,8,16-17,20,23,32,35H,1-2,6-7,9-15,18-19H2. The number of anilines is 3. The SMILES string of the molecule is OCCSNc1ccc2c(c1)N1CCC(CC1)OCCOCC1CCCN(C1)c1cc(ccn1)-c1nnc-2o1. The quantitative estimate of drug-likeness (QED) is 0.361. The van der Waals surface area contributed by atoms with Gasteiger partial charge in [-0.1, -0.05) is 11.9 Å². The molecule has 8 bridgehead atoms. The molecular weight excluding hydrogens is 516 g/mol. The Bertz CT molecular complexity index is 1230. The van der Waals surface area contributed by atoms with Crippen LogP contribution in [0.4, 0.5) is 17.2 Å². The van der Waals surface area contributed by atoms with Crippen LogP contribution in [0.25, 0.3) is 22.9 Å². The van der Waals surface area contributed by atoms with E-state index in [1.807, 2.05) is 30.5 Å². The zero-order valence-corrected chi connectivity index (χ0v) is 22.9. The summed E-state index contributed by atoms with van der Waals surface area (Å²) >= 11 is 1.48. The summed E-state index contributed by atoms with van der Waals surface area (Å²) in [5.41, 5.74) is 3.79.